The van der Waals surface area contributed by atoms with Crippen LogP contribution in [0.5, 0.6) is 0 Å². The quantitative estimate of drug-likeness (QED) is 0.576. The van der Waals surface area contributed by atoms with Crippen LogP contribution in [-0.2, 0) is 0 Å². The van der Waals surface area contributed by atoms with Crippen LogP contribution in [-0.4, -0.2) is 4.98 Å². The average Bonchev–Trinajstić information content (AvgIpc) is 2.06. The van der Waals surface area contributed by atoms with Gasteiger partial charge in [-0.2, -0.15) is 0 Å². The molecule has 0 fully saturated rings. The van der Waals surface area contributed by atoms with Crippen LogP contribution < -0.4 is 11.1 Å². The van der Waals surface area contributed by atoms with E-state index in [1.807, 2.05) is 24.4 Å². The number of rotatable bonds is 0. The van der Waals surface area contributed by atoms with Gasteiger partial charge in [0.2, 0.25) is 0 Å². The number of nitrogens with one attached hydrogen (secondary N) is 1. The third-order valence-corrected chi connectivity index (χ3v) is 1.70. The highest BCUT2D eigenvalue weighted by molar-refractivity contribution is 5.54. The summed E-state index contributed by atoms with van der Waals surface area (Å²) in [5.41, 5.74) is 7.67. The highest BCUT2D eigenvalue weighted by Gasteiger charge is 2.11. The minimum Gasteiger partial charge on any atom is -0.360 e. The summed E-state index contributed by atoms with van der Waals surface area (Å²) < 4.78 is 0. The van der Waals surface area contributed by atoms with E-state index in [0.717, 1.165) is 11.4 Å². The van der Waals surface area contributed by atoms with Crippen LogP contribution in [0.3, 0.4) is 0 Å². The number of aromatic nitrogens is 1. The molecule has 1 aromatic rings. The van der Waals surface area contributed by atoms with Crippen molar-refractivity contribution in [3.05, 3.63) is 36.3 Å². The van der Waals surface area contributed by atoms with Gasteiger partial charge in [-0.3, -0.25) is 4.98 Å². The zero-order chi connectivity index (χ0) is 7.68. The molecular formula is C8H9N3. The first-order valence-corrected chi connectivity index (χ1v) is 3.51. The Balaban J connectivity index is 2.50. The number of hydrogen-bond acceptors (Lipinski definition) is 3. The van der Waals surface area contributed by atoms with E-state index in [0.29, 0.717) is 0 Å². The lowest BCUT2D eigenvalue weighted by Crippen LogP contribution is -2.15. The summed E-state index contributed by atoms with van der Waals surface area (Å²) in [5, 5.41) is 3.07. The van der Waals surface area contributed by atoms with E-state index in [-0.39, 0.29) is 6.04 Å². The zero-order valence-electron chi connectivity index (χ0n) is 5.99. The Morgan fingerprint density at radius 1 is 1.55 bits per heavy atom. The van der Waals surface area contributed by atoms with Gasteiger partial charge in [0.15, 0.2) is 0 Å². The maximum absolute atomic E-state index is 5.76. The Hall–Kier alpha value is -1.35. The van der Waals surface area contributed by atoms with Gasteiger partial charge in [0.05, 0.1) is 17.4 Å². The van der Waals surface area contributed by atoms with Crippen molar-refractivity contribution in [2.24, 2.45) is 5.73 Å². The zero-order valence-corrected chi connectivity index (χ0v) is 5.99. The lowest BCUT2D eigenvalue weighted by atomic mass is 10.1. The molecule has 1 aromatic heterocycles. The summed E-state index contributed by atoms with van der Waals surface area (Å²) in [5.74, 6) is 0. The number of nitrogens with zero attached hydrogens (tertiary/aromatic N) is 1. The van der Waals surface area contributed by atoms with E-state index in [2.05, 4.69) is 10.3 Å². The molecule has 0 saturated heterocycles. The van der Waals surface area contributed by atoms with Crippen LogP contribution in [0, 0.1) is 0 Å². The van der Waals surface area contributed by atoms with Crippen molar-refractivity contribution in [2.75, 3.05) is 5.32 Å². The van der Waals surface area contributed by atoms with Crippen molar-refractivity contribution in [2.45, 2.75) is 6.04 Å². The molecule has 0 amide bonds. The first-order chi connectivity index (χ1) is 5.38. The Morgan fingerprint density at radius 3 is 3.27 bits per heavy atom. The molecule has 2 heterocycles. The summed E-state index contributed by atoms with van der Waals surface area (Å²) in [6.07, 6.45) is 5.48. The fraction of sp³-hybridized carbons (Fsp3) is 0.125. The molecule has 0 spiro atoms. The maximum Gasteiger partial charge on any atom is 0.0844 e. The van der Waals surface area contributed by atoms with Crippen molar-refractivity contribution in [1.29, 1.82) is 0 Å². The van der Waals surface area contributed by atoms with Gasteiger partial charge in [-0.05, 0) is 24.4 Å². The molecule has 3 heteroatoms. The fourth-order valence-electron chi connectivity index (χ4n) is 1.14. The van der Waals surface area contributed by atoms with Gasteiger partial charge >= 0.3 is 0 Å². The van der Waals surface area contributed by atoms with E-state index in [1.165, 1.54) is 0 Å². The molecule has 3 nitrogen and oxygen atoms in total. The molecule has 0 bridgehead atoms. The number of nitrogens with two attached hydrogens (primary N) is 1. The topological polar surface area (TPSA) is 50.9 Å². The highest BCUT2D eigenvalue weighted by atomic mass is 14.9. The normalized spacial score (nSPS) is 20.6. The monoisotopic (exact) mass is 147 g/mol. The van der Waals surface area contributed by atoms with Crippen LogP contribution in [0.15, 0.2) is 30.6 Å². The van der Waals surface area contributed by atoms with Crippen LogP contribution in [0.2, 0.25) is 0 Å². The van der Waals surface area contributed by atoms with Crippen molar-refractivity contribution < 1.29 is 0 Å². The van der Waals surface area contributed by atoms with Crippen LogP contribution in [0.4, 0.5) is 5.69 Å². The van der Waals surface area contributed by atoms with Crippen LogP contribution in [0.1, 0.15) is 11.7 Å². The molecule has 1 unspecified atom stereocenters. The van der Waals surface area contributed by atoms with Crippen molar-refractivity contribution in [3.8, 4) is 0 Å². The van der Waals surface area contributed by atoms with Crippen molar-refractivity contribution in [1.82, 2.24) is 4.98 Å². The minimum absolute atomic E-state index is 0.0625. The van der Waals surface area contributed by atoms with Gasteiger partial charge < -0.3 is 11.1 Å². The standard InChI is InChI=1S/C8H9N3/c9-6-3-5-10-7-2-1-4-11-8(6)7/h1-6,10H,9H2. The van der Waals surface area contributed by atoms with Gasteiger partial charge in [-0.25, -0.2) is 0 Å². The van der Waals surface area contributed by atoms with E-state index in [4.69, 9.17) is 5.73 Å². The highest BCUT2D eigenvalue weighted by Crippen LogP contribution is 2.22. The second-order valence-corrected chi connectivity index (χ2v) is 2.47. The van der Waals surface area contributed by atoms with Gasteiger partial charge in [0.25, 0.3) is 0 Å². The van der Waals surface area contributed by atoms with E-state index < -0.39 is 0 Å². The second kappa shape index (κ2) is 2.36. The average molecular weight is 147 g/mol. The van der Waals surface area contributed by atoms with Crippen LogP contribution >= 0.6 is 0 Å². The molecule has 1 aliphatic heterocycles. The van der Waals surface area contributed by atoms with E-state index in [9.17, 15) is 0 Å². The molecule has 0 saturated carbocycles. The first-order valence-electron chi connectivity index (χ1n) is 3.51. The minimum atomic E-state index is -0.0625. The van der Waals surface area contributed by atoms with Gasteiger partial charge in [0, 0.05) is 6.20 Å². The molecular weight excluding hydrogens is 138 g/mol. The molecule has 3 N–H and O–H groups in total. The summed E-state index contributed by atoms with van der Waals surface area (Å²) >= 11 is 0. The van der Waals surface area contributed by atoms with E-state index in [1.54, 1.807) is 6.20 Å². The molecule has 11 heavy (non-hydrogen) atoms. The molecule has 0 radical (unpaired) electrons. The Kier molecular flexibility index (Phi) is 1.36. The third-order valence-electron chi connectivity index (χ3n) is 1.70. The lowest BCUT2D eigenvalue weighted by molar-refractivity contribution is 0.853. The van der Waals surface area contributed by atoms with Crippen molar-refractivity contribution >= 4 is 5.69 Å². The van der Waals surface area contributed by atoms with Gasteiger partial charge in [0.1, 0.15) is 0 Å². The van der Waals surface area contributed by atoms with Gasteiger partial charge in [-0.15, -0.1) is 0 Å². The van der Waals surface area contributed by atoms with Gasteiger partial charge in [-0.1, -0.05) is 0 Å². The second-order valence-electron chi connectivity index (χ2n) is 2.47. The Morgan fingerprint density at radius 2 is 2.45 bits per heavy atom. The molecule has 0 aliphatic carbocycles. The summed E-state index contributed by atoms with van der Waals surface area (Å²) in [4.78, 5) is 4.16. The predicted octanol–water partition coefficient (Wildman–Crippen LogP) is 1.02. The lowest BCUT2D eigenvalue weighted by Gasteiger charge is -2.15. The first kappa shape index (κ1) is 6.37. The van der Waals surface area contributed by atoms with E-state index >= 15 is 0 Å². The fourth-order valence-corrected chi connectivity index (χ4v) is 1.14. The van der Waals surface area contributed by atoms with Crippen LogP contribution in [0.25, 0.3) is 0 Å². The number of hydrogen-bond donors (Lipinski definition) is 2. The number of fused-ring (bicyclic) bond motifs is 1. The largest absolute Gasteiger partial charge is 0.360 e. The smallest absolute Gasteiger partial charge is 0.0844 e. The maximum atomic E-state index is 5.76. The van der Waals surface area contributed by atoms with Crippen molar-refractivity contribution in [3.63, 3.8) is 0 Å². The number of pyridine rings is 1. The Labute approximate surface area is 64.9 Å². The Bertz CT molecular complexity index is 293. The summed E-state index contributed by atoms with van der Waals surface area (Å²) in [7, 11) is 0. The SMILES string of the molecule is NC1C=CNc2cccnc21. The summed E-state index contributed by atoms with van der Waals surface area (Å²) in [6.45, 7) is 0. The molecule has 0 aromatic carbocycles. The molecule has 1 aliphatic rings. The molecule has 56 valence electrons. The molecule has 2 rings (SSSR count). The molecule has 1 atom stereocenters. The number of anilines is 1. The summed E-state index contributed by atoms with van der Waals surface area (Å²) in [6, 6.07) is 3.79. The third kappa shape index (κ3) is 0.991. The predicted molar refractivity (Wildman–Crippen MR) is 43.9 cm³/mol.